The van der Waals surface area contributed by atoms with Crippen LogP contribution in [0.1, 0.15) is 5.56 Å². The van der Waals surface area contributed by atoms with Gasteiger partial charge in [-0.05, 0) is 24.6 Å². The van der Waals surface area contributed by atoms with E-state index in [-0.39, 0.29) is 0 Å². The molecule has 0 aliphatic carbocycles. The number of nitrogens with zero attached hydrogens (tertiary/aromatic N) is 4. The number of rotatable bonds is 3. The first-order chi connectivity index (χ1) is 12.8. The van der Waals surface area contributed by atoms with E-state index >= 15 is 0 Å². The third-order valence-corrected chi connectivity index (χ3v) is 4.32. The van der Waals surface area contributed by atoms with Crippen LogP contribution in [0.15, 0.2) is 59.3 Å². The zero-order valence-electron chi connectivity index (χ0n) is 13.9. The van der Waals surface area contributed by atoms with E-state index in [1.165, 1.54) is 0 Å². The van der Waals surface area contributed by atoms with Crippen molar-refractivity contribution in [2.45, 2.75) is 6.92 Å². The molecule has 0 fully saturated rings. The minimum atomic E-state index is 0.431. The smallest absolute Gasteiger partial charge is 0.263 e. The summed E-state index contributed by atoms with van der Waals surface area (Å²) in [5, 5.41) is 16.2. The van der Waals surface area contributed by atoms with Crippen molar-refractivity contribution in [2.24, 2.45) is 0 Å². The monoisotopic (exact) mass is 342 g/mol. The predicted octanol–water partition coefficient (Wildman–Crippen LogP) is 4.21. The molecule has 0 spiro atoms. The van der Waals surface area contributed by atoms with Crippen molar-refractivity contribution >= 4 is 33.6 Å². The van der Waals surface area contributed by atoms with E-state index < -0.39 is 0 Å². The van der Waals surface area contributed by atoms with Crippen LogP contribution in [0.2, 0.25) is 0 Å². The van der Waals surface area contributed by atoms with E-state index in [4.69, 9.17) is 9.51 Å². The number of benzene rings is 2. The third kappa shape index (κ3) is 2.29. The average molecular weight is 342 g/mol. The molecular formula is C19H14N6O. The number of hydrogen-bond donors (Lipinski definition) is 2. The second-order valence-corrected chi connectivity index (χ2v) is 6.00. The maximum Gasteiger partial charge on any atom is 0.263 e. The van der Waals surface area contributed by atoms with Crippen molar-refractivity contribution < 1.29 is 4.52 Å². The summed E-state index contributed by atoms with van der Waals surface area (Å²) < 4.78 is 5.30. The molecule has 26 heavy (non-hydrogen) atoms. The Labute approximate surface area is 148 Å². The molecule has 0 aliphatic rings. The van der Waals surface area contributed by atoms with Crippen molar-refractivity contribution in [1.29, 1.82) is 0 Å². The Kier molecular flexibility index (Phi) is 3.18. The Balaban J connectivity index is 1.67. The molecule has 0 saturated carbocycles. The third-order valence-electron chi connectivity index (χ3n) is 4.32. The van der Waals surface area contributed by atoms with Crippen LogP contribution >= 0.6 is 0 Å². The molecule has 7 heteroatoms. The van der Waals surface area contributed by atoms with Crippen molar-refractivity contribution in [3.8, 4) is 11.4 Å². The van der Waals surface area contributed by atoms with E-state index in [9.17, 15) is 0 Å². The van der Waals surface area contributed by atoms with E-state index in [1.807, 2.05) is 55.5 Å². The van der Waals surface area contributed by atoms with Crippen LogP contribution in [0, 0.1) is 6.92 Å². The summed E-state index contributed by atoms with van der Waals surface area (Å²) >= 11 is 0. The molecule has 0 radical (unpaired) electrons. The van der Waals surface area contributed by atoms with Gasteiger partial charge in [0.25, 0.3) is 5.71 Å². The maximum absolute atomic E-state index is 5.30. The van der Waals surface area contributed by atoms with Gasteiger partial charge in [0, 0.05) is 10.9 Å². The van der Waals surface area contributed by atoms with Gasteiger partial charge in [0.1, 0.15) is 11.2 Å². The molecule has 0 saturated heterocycles. The van der Waals surface area contributed by atoms with Crippen molar-refractivity contribution in [1.82, 2.24) is 25.3 Å². The Bertz CT molecular complexity index is 1240. The minimum absolute atomic E-state index is 0.431. The fourth-order valence-electron chi connectivity index (χ4n) is 2.97. The summed E-state index contributed by atoms with van der Waals surface area (Å²) in [5.41, 5.74) is 3.41. The van der Waals surface area contributed by atoms with Crippen LogP contribution in [0.25, 0.3) is 33.4 Å². The molecular weight excluding hydrogens is 328 g/mol. The highest BCUT2D eigenvalue weighted by Gasteiger charge is 2.15. The summed E-state index contributed by atoms with van der Waals surface area (Å²) in [5.74, 6) is 1.87. The van der Waals surface area contributed by atoms with Gasteiger partial charge in [0.15, 0.2) is 11.6 Å². The number of anilines is 2. The first kappa shape index (κ1) is 14.6. The largest absolute Gasteiger partial charge is 0.336 e. The fourth-order valence-corrected chi connectivity index (χ4v) is 2.97. The summed E-state index contributed by atoms with van der Waals surface area (Å²) in [6.45, 7) is 2.03. The molecule has 2 N–H and O–H groups in total. The Morgan fingerprint density at radius 3 is 2.69 bits per heavy atom. The molecule has 0 bridgehead atoms. The second kappa shape index (κ2) is 5.66. The SMILES string of the molecule is Cc1ccccc1-c1nc(Nc2n[nH]c3ccccc23)c2cnoc2n1. The highest BCUT2D eigenvalue weighted by Crippen LogP contribution is 2.30. The van der Waals surface area contributed by atoms with Crippen LogP contribution in [0.5, 0.6) is 0 Å². The first-order valence-electron chi connectivity index (χ1n) is 8.18. The quantitative estimate of drug-likeness (QED) is 0.510. The van der Waals surface area contributed by atoms with Crippen molar-refractivity contribution in [3.63, 3.8) is 0 Å². The van der Waals surface area contributed by atoms with Gasteiger partial charge in [-0.2, -0.15) is 10.1 Å². The number of hydrogen-bond acceptors (Lipinski definition) is 6. The molecule has 3 aromatic heterocycles. The van der Waals surface area contributed by atoms with E-state index in [0.717, 1.165) is 22.0 Å². The number of aromatic nitrogens is 5. The minimum Gasteiger partial charge on any atom is -0.336 e. The van der Waals surface area contributed by atoms with Gasteiger partial charge in [-0.15, -0.1) is 0 Å². The number of nitrogens with one attached hydrogen (secondary N) is 2. The van der Waals surface area contributed by atoms with Gasteiger partial charge in [-0.3, -0.25) is 5.10 Å². The van der Waals surface area contributed by atoms with Gasteiger partial charge in [0.2, 0.25) is 0 Å². The lowest BCUT2D eigenvalue weighted by Crippen LogP contribution is -1.99. The van der Waals surface area contributed by atoms with Crippen molar-refractivity contribution in [3.05, 3.63) is 60.3 Å². The molecule has 5 aromatic rings. The number of fused-ring (bicyclic) bond motifs is 2. The van der Waals surface area contributed by atoms with E-state index in [0.29, 0.717) is 28.6 Å². The number of aryl methyl sites for hydroxylation is 1. The predicted molar refractivity (Wildman–Crippen MR) is 99.1 cm³/mol. The van der Waals surface area contributed by atoms with Gasteiger partial charge in [0.05, 0.1) is 11.7 Å². The van der Waals surface area contributed by atoms with Crippen LogP contribution in [-0.4, -0.2) is 25.3 Å². The van der Waals surface area contributed by atoms with Crippen LogP contribution in [-0.2, 0) is 0 Å². The zero-order chi connectivity index (χ0) is 17.5. The lowest BCUT2D eigenvalue weighted by atomic mass is 10.1. The molecule has 2 aromatic carbocycles. The average Bonchev–Trinajstić information content (AvgIpc) is 3.29. The molecule has 0 unspecified atom stereocenters. The van der Waals surface area contributed by atoms with Crippen LogP contribution in [0.4, 0.5) is 11.6 Å². The molecule has 126 valence electrons. The Morgan fingerprint density at radius 1 is 0.923 bits per heavy atom. The molecule has 3 heterocycles. The van der Waals surface area contributed by atoms with Crippen LogP contribution < -0.4 is 5.32 Å². The zero-order valence-corrected chi connectivity index (χ0v) is 13.9. The van der Waals surface area contributed by atoms with E-state index in [1.54, 1.807) is 6.20 Å². The second-order valence-electron chi connectivity index (χ2n) is 6.00. The summed E-state index contributed by atoms with van der Waals surface area (Å²) in [4.78, 5) is 9.22. The molecule has 5 rings (SSSR count). The highest BCUT2D eigenvalue weighted by molar-refractivity contribution is 5.95. The Morgan fingerprint density at radius 2 is 1.77 bits per heavy atom. The molecule has 0 atom stereocenters. The highest BCUT2D eigenvalue weighted by atomic mass is 16.5. The first-order valence-corrected chi connectivity index (χ1v) is 8.18. The topological polar surface area (TPSA) is 92.5 Å². The maximum atomic E-state index is 5.30. The summed E-state index contributed by atoms with van der Waals surface area (Å²) in [6, 6.07) is 15.9. The molecule has 0 aliphatic heterocycles. The number of H-pyrrole nitrogens is 1. The van der Waals surface area contributed by atoms with Gasteiger partial charge < -0.3 is 9.84 Å². The van der Waals surface area contributed by atoms with Crippen molar-refractivity contribution in [2.75, 3.05) is 5.32 Å². The Hall–Kier alpha value is -3.74. The van der Waals surface area contributed by atoms with E-state index in [2.05, 4.69) is 25.7 Å². The van der Waals surface area contributed by atoms with Gasteiger partial charge >= 0.3 is 0 Å². The van der Waals surface area contributed by atoms with Crippen LogP contribution in [0.3, 0.4) is 0 Å². The lowest BCUT2D eigenvalue weighted by Gasteiger charge is -2.08. The molecule has 7 nitrogen and oxygen atoms in total. The van der Waals surface area contributed by atoms with Gasteiger partial charge in [-0.1, -0.05) is 41.6 Å². The standard InChI is InChI=1S/C19H14N6O/c1-11-6-2-3-7-12(11)16-21-17(14-10-20-26-19(14)23-16)22-18-13-8-4-5-9-15(13)24-25-18/h2-10H,1H3,(H2,21,22,23,24,25). The fraction of sp³-hybridized carbons (Fsp3) is 0.0526. The lowest BCUT2D eigenvalue weighted by molar-refractivity contribution is 0.448. The summed E-state index contributed by atoms with van der Waals surface area (Å²) in [6.07, 6.45) is 1.61. The van der Waals surface area contributed by atoms with Gasteiger partial charge in [-0.25, -0.2) is 4.98 Å². The summed E-state index contributed by atoms with van der Waals surface area (Å²) in [7, 11) is 0. The molecule has 0 amide bonds. The number of aromatic amines is 1. The number of para-hydroxylation sites is 1. The normalized spacial score (nSPS) is 11.3.